The lowest BCUT2D eigenvalue weighted by Crippen LogP contribution is -2.45. The van der Waals surface area contributed by atoms with Crippen LogP contribution < -0.4 is 5.32 Å². The molecule has 5 atom stereocenters. The first-order valence-corrected chi connectivity index (χ1v) is 7.62. The number of benzene rings is 1. The van der Waals surface area contributed by atoms with Gasteiger partial charge in [0.25, 0.3) is 0 Å². The van der Waals surface area contributed by atoms with Gasteiger partial charge in [0.15, 0.2) is 0 Å². The zero-order chi connectivity index (χ0) is 14.6. The van der Waals surface area contributed by atoms with E-state index in [4.69, 9.17) is 4.74 Å². The molecule has 1 aromatic rings. The summed E-state index contributed by atoms with van der Waals surface area (Å²) in [6.45, 7) is 1.86. The molecular weight excluding hydrogens is 271 g/mol. The van der Waals surface area contributed by atoms with Crippen molar-refractivity contribution in [2.75, 3.05) is 0 Å². The topological polar surface area (TPSA) is 41.6 Å². The fourth-order valence-corrected chi connectivity index (χ4v) is 3.93. The largest absolute Gasteiger partial charge is 0.373 e. The SMILES string of the molecule is CC1NC(c2cccc(F)c2)N(C2CC3CCC2O3)C1=O. The highest BCUT2D eigenvalue weighted by atomic mass is 19.1. The van der Waals surface area contributed by atoms with E-state index in [-0.39, 0.29) is 42.2 Å². The van der Waals surface area contributed by atoms with E-state index in [1.807, 2.05) is 17.9 Å². The van der Waals surface area contributed by atoms with E-state index in [9.17, 15) is 9.18 Å². The van der Waals surface area contributed by atoms with Gasteiger partial charge >= 0.3 is 0 Å². The molecule has 3 saturated heterocycles. The number of carbonyl (C=O) groups is 1. The van der Waals surface area contributed by atoms with Crippen molar-refractivity contribution >= 4 is 5.91 Å². The first-order chi connectivity index (χ1) is 10.1. The number of hydrogen-bond donors (Lipinski definition) is 1. The number of halogens is 1. The Bertz CT molecular complexity index is 579. The molecule has 1 amide bonds. The number of rotatable bonds is 2. The number of amides is 1. The van der Waals surface area contributed by atoms with Gasteiger partial charge in [-0.25, -0.2) is 4.39 Å². The van der Waals surface area contributed by atoms with Gasteiger partial charge in [0.2, 0.25) is 5.91 Å². The molecule has 3 heterocycles. The van der Waals surface area contributed by atoms with Crippen LogP contribution in [-0.4, -0.2) is 35.1 Å². The van der Waals surface area contributed by atoms with Crippen molar-refractivity contribution in [3.63, 3.8) is 0 Å². The maximum absolute atomic E-state index is 13.5. The fourth-order valence-electron chi connectivity index (χ4n) is 3.93. The zero-order valence-corrected chi connectivity index (χ0v) is 12.0. The van der Waals surface area contributed by atoms with Crippen LogP contribution in [0.3, 0.4) is 0 Å². The Morgan fingerprint density at radius 1 is 1.38 bits per heavy atom. The molecule has 1 N–H and O–H groups in total. The molecule has 0 radical (unpaired) electrons. The van der Waals surface area contributed by atoms with Crippen LogP contribution in [0.5, 0.6) is 0 Å². The lowest BCUT2D eigenvalue weighted by molar-refractivity contribution is -0.133. The molecule has 5 unspecified atom stereocenters. The van der Waals surface area contributed by atoms with Crippen LogP contribution in [0.25, 0.3) is 0 Å². The summed E-state index contributed by atoms with van der Waals surface area (Å²) in [5, 5.41) is 3.29. The summed E-state index contributed by atoms with van der Waals surface area (Å²) in [6, 6.07) is 6.36. The molecule has 0 spiro atoms. The monoisotopic (exact) mass is 290 g/mol. The summed E-state index contributed by atoms with van der Waals surface area (Å²) in [6.07, 6.45) is 3.19. The first-order valence-electron chi connectivity index (χ1n) is 7.62. The number of nitrogens with one attached hydrogen (secondary N) is 1. The van der Waals surface area contributed by atoms with Gasteiger partial charge in [0.05, 0.1) is 24.3 Å². The van der Waals surface area contributed by atoms with Gasteiger partial charge in [0, 0.05) is 0 Å². The highest BCUT2D eigenvalue weighted by molar-refractivity contribution is 5.84. The molecule has 1 aromatic carbocycles. The maximum Gasteiger partial charge on any atom is 0.241 e. The molecule has 4 rings (SSSR count). The van der Waals surface area contributed by atoms with Crippen molar-refractivity contribution in [3.05, 3.63) is 35.6 Å². The first kappa shape index (κ1) is 13.2. The van der Waals surface area contributed by atoms with Gasteiger partial charge < -0.3 is 9.64 Å². The Morgan fingerprint density at radius 2 is 2.24 bits per heavy atom. The molecule has 3 aliphatic heterocycles. The van der Waals surface area contributed by atoms with E-state index in [1.54, 1.807) is 6.07 Å². The number of nitrogens with zero attached hydrogens (tertiary/aromatic N) is 1. The fraction of sp³-hybridized carbons (Fsp3) is 0.562. The Hall–Kier alpha value is -1.46. The summed E-state index contributed by atoms with van der Waals surface area (Å²) in [7, 11) is 0. The molecule has 0 saturated carbocycles. The summed E-state index contributed by atoms with van der Waals surface area (Å²) >= 11 is 0. The number of carbonyl (C=O) groups excluding carboxylic acids is 1. The van der Waals surface area contributed by atoms with Crippen LogP contribution >= 0.6 is 0 Å². The molecule has 4 nitrogen and oxygen atoms in total. The van der Waals surface area contributed by atoms with Crippen molar-refractivity contribution in [1.82, 2.24) is 10.2 Å². The van der Waals surface area contributed by atoms with Gasteiger partial charge in [-0.2, -0.15) is 0 Å². The molecule has 0 aliphatic carbocycles. The Kier molecular flexibility index (Phi) is 3.01. The molecule has 0 aromatic heterocycles. The minimum Gasteiger partial charge on any atom is -0.373 e. The molecule has 3 fully saturated rings. The summed E-state index contributed by atoms with van der Waals surface area (Å²) in [4.78, 5) is 14.4. The maximum atomic E-state index is 13.5. The van der Waals surface area contributed by atoms with Gasteiger partial charge in [-0.1, -0.05) is 12.1 Å². The molecular formula is C16H19FN2O2. The lowest BCUT2D eigenvalue weighted by atomic mass is 9.93. The van der Waals surface area contributed by atoms with Crippen LogP contribution in [0.2, 0.25) is 0 Å². The number of ether oxygens (including phenoxy) is 1. The van der Waals surface area contributed by atoms with Crippen molar-refractivity contribution in [1.29, 1.82) is 0 Å². The minimum atomic E-state index is -0.273. The average Bonchev–Trinajstić information content (AvgIpc) is 3.15. The van der Waals surface area contributed by atoms with Crippen molar-refractivity contribution in [2.24, 2.45) is 0 Å². The second kappa shape index (κ2) is 4.78. The van der Waals surface area contributed by atoms with Crippen molar-refractivity contribution < 1.29 is 13.9 Å². The predicted molar refractivity (Wildman–Crippen MR) is 74.9 cm³/mol. The number of fused-ring (bicyclic) bond motifs is 2. The van der Waals surface area contributed by atoms with Crippen LogP contribution in [-0.2, 0) is 9.53 Å². The third-order valence-electron chi connectivity index (χ3n) is 4.91. The smallest absolute Gasteiger partial charge is 0.241 e. The zero-order valence-electron chi connectivity index (χ0n) is 12.0. The van der Waals surface area contributed by atoms with Crippen LogP contribution in [0.15, 0.2) is 24.3 Å². The van der Waals surface area contributed by atoms with Crippen LogP contribution in [0, 0.1) is 5.82 Å². The van der Waals surface area contributed by atoms with E-state index < -0.39 is 0 Å². The standard InChI is InChI=1S/C16H19FN2O2/c1-9-16(20)19(13-8-12-5-6-14(13)21-12)15(18-9)10-3-2-4-11(17)7-10/h2-4,7,9,12-15,18H,5-6,8H2,1H3. The highest BCUT2D eigenvalue weighted by Crippen LogP contribution is 2.41. The normalized spacial score (nSPS) is 38.5. The van der Waals surface area contributed by atoms with Gasteiger partial charge in [0.1, 0.15) is 12.0 Å². The molecule has 3 aliphatic rings. The number of hydrogen-bond acceptors (Lipinski definition) is 3. The Labute approximate surface area is 123 Å². The summed E-state index contributed by atoms with van der Waals surface area (Å²) in [5.74, 6) is -0.184. The van der Waals surface area contributed by atoms with Crippen LogP contribution in [0.4, 0.5) is 4.39 Å². The minimum absolute atomic E-state index is 0.0883. The predicted octanol–water partition coefficient (Wildman–Crippen LogP) is 1.96. The molecule has 112 valence electrons. The van der Waals surface area contributed by atoms with E-state index in [2.05, 4.69) is 5.32 Å². The van der Waals surface area contributed by atoms with E-state index in [0.29, 0.717) is 0 Å². The van der Waals surface area contributed by atoms with E-state index >= 15 is 0 Å². The summed E-state index contributed by atoms with van der Waals surface area (Å²) < 4.78 is 19.4. The molecule has 21 heavy (non-hydrogen) atoms. The third-order valence-corrected chi connectivity index (χ3v) is 4.91. The van der Waals surface area contributed by atoms with Gasteiger partial charge in [-0.15, -0.1) is 0 Å². The van der Waals surface area contributed by atoms with Gasteiger partial charge in [-0.3, -0.25) is 10.1 Å². The quantitative estimate of drug-likeness (QED) is 0.905. The summed E-state index contributed by atoms with van der Waals surface area (Å²) in [5.41, 5.74) is 0.801. The average molecular weight is 290 g/mol. The second-order valence-electron chi connectivity index (χ2n) is 6.27. The Morgan fingerprint density at radius 3 is 2.90 bits per heavy atom. The van der Waals surface area contributed by atoms with Crippen molar-refractivity contribution in [3.8, 4) is 0 Å². The molecule has 2 bridgehead atoms. The van der Waals surface area contributed by atoms with Gasteiger partial charge in [-0.05, 0) is 43.9 Å². The lowest BCUT2D eigenvalue weighted by Gasteiger charge is -2.34. The van der Waals surface area contributed by atoms with E-state index in [1.165, 1.54) is 12.1 Å². The van der Waals surface area contributed by atoms with E-state index in [0.717, 1.165) is 24.8 Å². The highest BCUT2D eigenvalue weighted by Gasteiger charge is 2.50. The second-order valence-corrected chi connectivity index (χ2v) is 6.27. The Balaban J connectivity index is 1.67. The van der Waals surface area contributed by atoms with Crippen molar-refractivity contribution in [2.45, 2.75) is 56.6 Å². The molecule has 5 heteroatoms. The third kappa shape index (κ3) is 2.07. The van der Waals surface area contributed by atoms with Crippen LogP contribution in [0.1, 0.15) is 37.9 Å².